The summed E-state index contributed by atoms with van der Waals surface area (Å²) in [6, 6.07) is 8.58. The average Bonchev–Trinajstić information content (AvgIpc) is 2.46. The van der Waals surface area contributed by atoms with E-state index in [9.17, 15) is 17.5 Å². The molecule has 0 spiro atoms. The van der Waals surface area contributed by atoms with Gasteiger partial charge in [-0.3, -0.25) is 4.21 Å². The van der Waals surface area contributed by atoms with E-state index < -0.39 is 17.7 Å². The van der Waals surface area contributed by atoms with Gasteiger partial charge in [0.05, 0.1) is 0 Å². The Kier molecular flexibility index (Phi) is 6.01. The van der Waals surface area contributed by atoms with E-state index in [-0.39, 0.29) is 17.6 Å². The van der Waals surface area contributed by atoms with Crippen LogP contribution in [-0.4, -0.2) is 20.4 Å². The molecule has 0 aliphatic rings. The van der Waals surface area contributed by atoms with Gasteiger partial charge in [0.15, 0.2) is 0 Å². The molecule has 0 radical (unpaired) electrons. The number of aromatic nitrogens is 1. The zero-order valence-corrected chi connectivity index (χ0v) is 14.4. The monoisotopic (exact) mass is 354 g/mol. The number of aryl methyl sites for hydroxylation is 1. The molecule has 1 aromatic heterocycles. The molecule has 0 amide bonds. The van der Waals surface area contributed by atoms with Crippen LogP contribution in [0.5, 0.6) is 5.88 Å². The molecule has 130 valence electrons. The van der Waals surface area contributed by atoms with E-state index in [4.69, 9.17) is 0 Å². The molecule has 0 saturated heterocycles. The van der Waals surface area contributed by atoms with Crippen molar-refractivity contribution in [3.05, 3.63) is 47.2 Å². The molecule has 2 aromatic rings. The lowest BCUT2D eigenvalue weighted by Crippen LogP contribution is -2.06. The fourth-order valence-corrected chi connectivity index (χ4v) is 3.00. The standard InChI is InChI=1S/C17H19F2NO3S/c1-10(2)15-8-12(5-6-13(15)9-24(21)22)14-7-4-11(3)20-16(14)23-17(18)19/h4-8,10,17H,9H2,1-3H3,(H,21,22)/p-1. The molecule has 1 aromatic carbocycles. The summed E-state index contributed by atoms with van der Waals surface area (Å²) < 4.78 is 51.8. The zero-order chi connectivity index (χ0) is 17.9. The number of hydrogen-bond donors (Lipinski definition) is 0. The maximum atomic E-state index is 12.6. The largest absolute Gasteiger partial charge is 0.772 e. The Labute approximate surface area is 142 Å². The summed E-state index contributed by atoms with van der Waals surface area (Å²) in [5.41, 5.74) is 3.20. The number of rotatable bonds is 6. The Morgan fingerprint density at radius 3 is 2.54 bits per heavy atom. The number of alkyl halides is 2. The minimum absolute atomic E-state index is 0.0830. The zero-order valence-electron chi connectivity index (χ0n) is 13.6. The van der Waals surface area contributed by atoms with Crippen LogP contribution in [0.1, 0.15) is 36.6 Å². The van der Waals surface area contributed by atoms with Gasteiger partial charge >= 0.3 is 6.61 Å². The summed E-state index contributed by atoms with van der Waals surface area (Å²) in [6.07, 6.45) is 0. The van der Waals surface area contributed by atoms with E-state index >= 15 is 0 Å². The third-order valence-corrected chi connectivity index (χ3v) is 4.10. The molecule has 4 nitrogen and oxygen atoms in total. The third-order valence-electron chi connectivity index (χ3n) is 3.55. The molecular weight excluding hydrogens is 336 g/mol. The van der Waals surface area contributed by atoms with Crippen molar-refractivity contribution in [3.63, 3.8) is 0 Å². The average molecular weight is 354 g/mol. The van der Waals surface area contributed by atoms with Crippen molar-refractivity contribution in [2.45, 2.75) is 39.1 Å². The molecule has 7 heteroatoms. The van der Waals surface area contributed by atoms with E-state index in [0.29, 0.717) is 22.4 Å². The second kappa shape index (κ2) is 7.81. The van der Waals surface area contributed by atoms with Gasteiger partial charge in [0.25, 0.3) is 0 Å². The van der Waals surface area contributed by atoms with Crippen LogP contribution in [0.3, 0.4) is 0 Å². The van der Waals surface area contributed by atoms with Gasteiger partial charge in [-0.05, 0) is 41.7 Å². The Morgan fingerprint density at radius 2 is 1.96 bits per heavy atom. The van der Waals surface area contributed by atoms with E-state index in [1.807, 2.05) is 13.8 Å². The maximum Gasteiger partial charge on any atom is 0.388 e. The van der Waals surface area contributed by atoms with E-state index in [1.165, 1.54) is 0 Å². The van der Waals surface area contributed by atoms with Crippen LogP contribution in [-0.2, 0) is 16.8 Å². The molecule has 2 rings (SSSR count). The Bertz CT molecular complexity index is 751. The predicted octanol–water partition coefficient (Wildman–Crippen LogP) is 4.16. The minimum atomic E-state index is -2.97. The smallest absolute Gasteiger partial charge is 0.388 e. The minimum Gasteiger partial charge on any atom is -0.772 e. The second-order valence-corrected chi connectivity index (χ2v) is 6.60. The number of hydrogen-bond acceptors (Lipinski definition) is 4. The topological polar surface area (TPSA) is 62.2 Å². The van der Waals surface area contributed by atoms with Crippen molar-refractivity contribution in [1.29, 1.82) is 0 Å². The molecule has 1 unspecified atom stereocenters. The lowest BCUT2D eigenvalue weighted by atomic mass is 9.93. The first kappa shape index (κ1) is 18.5. The van der Waals surface area contributed by atoms with Gasteiger partial charge in [-0.2, -0.15) is 8.78 Å². The summed E-state index contributed by atoms with van der Waals surface area (Å²) in [5.74, 6) is -0.137. The van der Waals surface area contributed by atoms with Crippen LogP contribution in [0.15, 0.2) is 30.3 Å². The van der Waals surface area contributed by atoms with Gasteiger partial charge in [-0.25, -0.2) is 4.98 Å². The Balaban J connectivity index is 2.53. The van der Waals surface area contributed by atoms with Gasteiger partial charge in [0.2, 0.25) is 5.88 Å². The highest BCUT2D eigenvalue weighted by Crippen LogP contribution is 2.33. The van der Waals surface area contributed by atoms with Crippen molar-refractivity contribution in [3.8, 4) is 17.0 Å². The molecule has 0 aliphatic carbocycles. The quantitative estimate of drug-likeness (QED) is 0.731. The predicted molar refractivity (Wildman–Crippen MR) is 87.8 cm³/mol. The van der Waals surface area contributed by atoms with E-state index in [0.717, 1.165) is 5.56 Å². The van der Waals surface area contributed by atoms with Crippen LogP contribution in [0.4, 0.5) is 8.78 Å². The van der Waals surface area contributed by atoms with Crippen molar-refractivity contribution >= 4 is 11.1 Å². The lowest BCUT2D eigenvalue weighted by Gasteiger charge is -2.17. The number of benzene rings is 1. The number of nitrogens with zero attached hydrogens (tertiary/aromatic N) is 1. The van der Waals surface area contributed by atoms with Gasteiger partial charge in [-0.15, -0.1) is 0 Å². The summed E-state index contributed by atoms with van der Waals surface area (Å²) in [7, 11) is 0. The Hall–Kier alpha value is -1.86. The highest BCUT2D eigenvalue weighted by Gasteiger charge is 2.15. The highest BCUT2D eigenvalue weighted by molar-refractivity contribution is 7.78. The molecule has 0 saturated carbocycles. The SMILES string of the molecule is Cc1ccc(-c2ccc(CS(=O)[O-])c(C(C)C)c2)c(OC(F)F)n1. The number of halogens is 2. The van der Waals surface area contributed by atoms with Crippen LogP contribution < -0.4 is 4.74 Å². The van der Waals surface area contributed by atoms with Crippen molar-refractivity contribution in [2.75, 3.05) is 0 Å². The fraction of sp³-hybridized carbons (Fsp3) is 0.353. The fourth-order valence-electron chi connectivity index (χ4n) is 2.49. The molecular formula is C17H18F2NO3S-. The normalized spacial score (nSPS) is 12.7. The molecule has 0 aliphatic heterocycles. The van der Waals surface area contributed by atoms with Crippen molar-refractivity contribution in [1.82, 2.24) is 4.98 Å². The first-order chi connectivity index (χ1) is 11.3. The summed E-state index contributed by atoms with van der Waals surface area (Å²) in [6.45, 7) is 2.61. The summed E-state index contributed by atoms with van der Waals surface area (Å²) >= 11 is -2.20. The van der Waals surface area contributed by atoms with Crippen LogP contribution >= 0.6 is 0 Å². The van der Waals surface area contributed by atoms with Gasteiger partial charge in [-0.1, -0.05) is 43.1 Å². The highest BCUT2D eigenvalue weighted by atomic mass is 32.2. The first-order valence-corrected chi connectivity index (χ1v) is 8.64. The molecule has 0 fully saturated rings. The maximum absolute atomic E-state index is 12.6. The van der Waals surface area contributed by atoms with E-state index in [2.05, 4.69) is 9.72 Å². The first-order valence-electron chi connectivity index (χ1n) is 7.39. The molecule has 0 bridgehead atoms. The van der Waals surface area contributed by atoms with Crippen LogP contribution in [0.25, 0.3) is 11.1 Å². The number of pyridine rings is 1. The molecule has 24 heavy (non-hydrogen) atoms. The van der Waals surface area contributed by atoms with Crippen molar-refractivity contribution < 1.29 is 22.3 Å². The van der Waals surface area contributed by atoms with Crippen molar-refractivity contribution in [2.24, 2.45) is 0 Å². The van der Waals surface area contributed by atoms with Crippen LogP contribution in [0.2, 0.25) is 0 Å². The van der Waals surface area contributed by atoms with E-state index in [1.54, 1.807) is 37.3 Å². The second-order valence-electron chi connectivity index (χ2n) is 5.70. The van der Waals surface area contributed by atoms with Gasteiger partial charge < -0.3 is 9.29 Å². The molecule has 1 atom stereocenters. The summed E-state index contributed by atoms with van der Waals surface area (Å²) in [4.78, 5) is 4.03. The third kappa shape index (κ3) is 4.58. The molecule has 1 heterocycles. The van der Waals surface area contributed by atoms with Crippen LogP contribution in [0, 0.1) is 6.92 Å². The van der Waals surface area contributed by atoms with Gasteiger partial charge in [0.1, 0.15) is 0 Å². The number of ether oxygens (including phenoxy) is 1. The van der Waals surface area contributed by atoms with Gasteiger partial charge in [0, 0.05) is 17.0 Å². The Morgan fingerprint density at radius 1 is 1.25 bits per heavy atom. The summed E-state index contributed by atoms with van der Waals surface area (Å²) in [5, 5.41) is 0. The molecule has 0 N–H and O–H groups in total. The lowest BCUT2D eigenvalue weighted by molar-refractivity contribution is -0.0524.